The van der Waals surface area contributed by atoms with E-state index in [1.165, 1.54) is 5.69 Å². The van der Waals surface area contributed by atoms with Crippen molar-refractivity contribution in [2.45, 2.75) is 52.7 Å². The number of nitrogens with zero attached hydrogens (tertiary/aromatic N) is 2. The molecule has 1 aromatic heterocycles. The van der Waals surface area contributed by atoms with E-state index in [-0.39, 0.29) is 5.60 Å². The van der Waals surface area contributed by atoms with E-state index in [1.807, 2.05) is 18.7 Å². The SMILES string of the molecule is CCNC(COC(C)(C)C)Cc1cc(C)nn1C. The standard InChI is InChI=1S/C14H27N3O/c1-7-15-12(10-18-14(3,4)5)9-13-8-11(2)16-17(13)6/h8,12,15H,7,9-10H2,1-6H3. The van der Waals surface area contributed by atoms with E-state index in [9.17, 15) is 0 Å². The van der Waals surface area contributed by atoms with Crippen LogP contribution in [0, 0.1) is 6.92 Å². The number of hydrogen-bond donors (Lipinski definition) is 1. The van der Waals surface area contributed by atoms with Crippen LogP contribution in [0.15, 0.2) is 6.07 Å². The summed E-state index contributed by atoms with van der Waals surface area (Å²) in [5.74, 6) is 0. The fourth-order valence-corrected chi connectivity index (χ4v) is 1.94. The zero-order valence-corrected chi connectivity index (χ0v) is 12.6. The normalized spacial score (nSPS) is 13.9. The minimum Gasteiger partial charge on any atom is -0.374 e. The number of nitrogens with one attached hydrogen (secondary N) is 1. The molecule has 0 amide bonds. The number of aryl methyl sites for hydroxylation is 2. The second-order valence-corrected chi connectivity index (χ2v) is 5.78. The van der Waals surface area contributed by atoms with Gasteiger partial charge in [-0.25, -0.2) is 0 Å². The largest absolute Gasteiger partial charge is 0.374 e. The van der Waals surface area contributed by atoms with Crippen molar-refractivity contribution in [2.24, 2.45) is 7.05 Å². The van der Waals surface area contributed by atoms with E-state index in [1.54, 1.807) is 0 Å². The average molecular weight is 253 g/mol. The molecule has 0 spiro atoms. The second kappa shape index (κ2) is 6.34. The molecule has 1 N–H and O–H groups in total. The van der Waals surface area contributed by atoms with E-state index in [4.69, 9.17) is 4.74 Å². The molecule has 0 saturated carbocycles. The Morgan fingerprint density at radius 2 is 2.11 bits per heavy atom. The lowest BCUT2D eigenvalue weighted by atomic mass is 10.1. The molecular weight excluding hydrogens is 226 g/mol. The van der Waals surface area contributed by atoms with Gasteiger partial charge < -0.3 is 10.1 Å². The first-order chi connectivity index (χ1) is 8.31. The van der Waals surface area contributed by atoms with Crippen molar-refractivity contribution in [3.63, 3.8) is 0 Å². The maximum atomic E-state index is 5.87. The van der Waals surface area contributed by atoms with Crippen molar-refractivity contribution in [1.29, 1.82) is 0 Å². The van der Waals surface area contributed by atoms with Crippen LogP contribution < -0.4 is 5.32 Å². The van der Waals surface area contributed by atoms with Crippen LogP contribution in [0.3, 0.4) is 0 Å². The minimum atomic E-state index is -0.0873. The van der Waals surface area contributed by atoms with E-state index in [2.05, 4.69) is 44.2 Å². The van der Waals surface area contributed by atoms with Gasteiger partial charge in [0.1, 0.15) is 0 Å². The van der Waals surface area contributed by atoms with Crippen molar-refractivity contribution >= 4 is 0 Å². The quantitative estimate of drug-likeness (QED) is 0.843. The molecule has 0 aliphatic rings. The van der Waals surface area contributed by atoms with E-state index in [0.29, 0.717) is 6.04 Å². The van der Waals surface area contributed by atoms with Crippen LogP contribution in [-0.4, -0.2) is 34.6 Å². The van der Waals surface area contributed by atoms with Crippen LogP contribution >= 0.6 is 0 Å². The average Bonchev–Trinajstić information content (AvgIpc) is 2.53. The summed E-state index contributed by atoms with van der Waals surface area (Å²) < 4.78 is 7.83. The van der Waals surface area contributed by atoms with Gasteiger partial charge >= 0.3 is 0 Å². The first kappa shape index (κ1) is 15.2. The summed E-state index contributed by atoms with van der Waals surface area (Å²) in [5.41, 5.74) is 2.23. The Morgan fingerprint density at radius 3 is 2.56 bits per heavy atom. The number of ether oxygens (including phenoxy) is 1. The lowest BCUT2D eigenvalue weighted by Crippen LogP contribution is -2.38. The Balaban J connectivity index is 2.59. The van der Waals surface area contributed by atoms with Crippen molar-refractivity contribution < 1.29 is 4.74 Å². The van der Waals surface area contributed by atoms with Crippen molar-refractivity contribution in [3.05, 3.63) is 17.5 Å². The molecule has 1 aromatic rings. The molecule has 1 atom stereocenters. The maximum absolute atomic E-state index is 5.87. The van der Waals surface area contributed by atoms with Gasteiger partial charge in [-0.05, 0) is 40.3 Å². The topological polar surface area (TPSA) is 39.1 Å². The molecule has 4 heteroatoms. The lowest BCUT2D eigenvalue weighted by Gasteiger charge is -2.25. The van der Waals surface area contributed by atoms with Crippen molar-refractivity contribution in [3.8, 4) is 0 Å². The Labute approximate surface area is 111 Å². The third-order valence-corrected chi connectivity index (χ3v) is 2.76. The number of rotatable bonds is 6. The van der Waals surface area contributed by atoms with E-state index < -0.39 is 0 Å². The van der Waals surface area contributed by atoms with Crippen LogP contribution in [0.1, 0.15) is 39.1 Å². The molecule has 104 valence electrons. The van der Waals surface area contributed by atoms with E-state index in [0.717, 1.165) is 25.3 Å². The van der Waals surface area contributed by atoms with Gasteiger partial charge in [-0.15, -0.1) is 0 Å². The van der Waals surface area contributed by atoms with Gasteiger partial charge in [0, 0.05) is 25.2 Å². The third kappa shape index (κ3) is 5.19. The summed E-state index contributed by atoms with van der Waals surface area (Å²) in [4.78, 5) is 0. The molecule has 0 aromatic carbocycles. The van der Waals surface area contributed by atoms with Gasteiger partial charge in [-0.3, -0.25) is 4.68 Å². The first-order valence-electron chi connectivity index (χ1n) is 6.68. The van der Waals surface area contributed by atoms with Gasteiger partial charge in [0.15, 0.2) is 0 Å². The Hall–Kier alpha value is -0.870. The lowest BCUT2D eigenvalue weighted by molar-refractivity contribution is -0.0143. The molecule has 0 aliphatic carbocycles. The third-order valence-electron chi connectivity index (χ3n) is 2.76. The second-order valence-electron chi connectivity index (χ2n) is 5.78. The van der Waals surface area contributed by atoms with Crippen molar-refractivity contribution in [1.82, 2.24) is 15.1 Å². The number of aromatic nitrogens is 2. The highest BCUT2D eigenvalue weighted by molar-refractivity contribution is 5.10. The fraction of sp³-hybridized carbons (Fsp3) is 0.786. The first-order valence-corrected chi connectivity index (χ1v) is 6.68. The monoisotopic (exact) mass is 253 g/mol. The Kier molecular flexibility index (Phi) is 5.35. The summed E-state index contributed by atoms with van der Waals surface area (Å²) >= 11 is 0. The highest BCUT2D eigenvalue weighted by Gasteiger charge is 2.16. The summed E-state index contributed by atoms with van der Waals surface area (Å²) in [6.07, 6.45) is 0.946. The number of hydrogen-bond acceptors (Lipinski definition) is 3. The molecule has 18 heavy (non-hydrogen) atoms. The molecule has 4 nitrogen and oxygen atoms in total. The van der Waals surface area contributed by atoms with Gasteiger partial charge in [0.05, 0.1) is 17.9 Å². The zero-order chi connectivity index (χ0) is 13.8. The van der Waals surface area contributed by atoms with Crippen LogP contribution in [0.2, 0.25) is 0 Å². The van der Waals surface area contributed by atoms with Gasteiger partial charge in [-0.2, -0.15) is 5.10 Å². The molecule has 0 radical (unpaired) electrons. The molecule has 1 rings (SSSR count). The highest BCUT2D eigenvalue weighted by Crippen LogP contribution is 2.10. The maximum Gasteiger partial charge on any atom is 0.0630 e. The molecule has 1 heterocycles. The molecule has 1 unspecified atom stereocenters. The molecular formula is C14H27N3O. The predicted octanol–water partition coefficient (Wildman–Crippen LogP) is 2.06. The number of likely N-dealkylation sites (N-methyl/N-ethyl adjacent to an activating group) is 1. The van der Waals surface area contributed by atoms with Crippen LogP contribution in [0.25, 0.3) is 0 Å². The summed E-state index contributed by atoms with van der Waals surface area (Å²) in [6, 6.07) is 2.48. The molecule has 0 aliphatic heterocycles. The molecule has 0 saturated heterocycles. The van der Waals surface area contributed by atoms with Crippen LogP contribution in [0.5, 0.6) is 0 Å². The van der Waals surface area contributed by atoms with Gasteiger partial charge in [0.25, 0.3) is 0 Å². The zero-order valence-electron chi connectivity index (χ0n) is 12.6. The molecule has 0 fully saturated rings. The molecule has 0 bridgehead atoms. The van der Waals surface area contributed by atoms with Crippen molar-refractivity contribution in [2.75, 3.05) is 13.2 Å². The Morgan fingerprint density at radius 1 is 1.44 bits per heavy atom. The highest BCUT2D eigenvalue weighted by atomic mass is 16.5. The van der Waals surface area contributed by atoms with E-state index >= 15 is 0 Å². The van der Waals surface area contributed by atoms with Crippen LogP contribution in [-0.2, 0) is 18.2 Å². The fourth-order valence-electron chi connectivity index (χ4n) is 1.94. The van der Waals surface area contributed by atoms with Crippen LogP contribution in [0.4, 0.5) is 0 Å². The summed E-state index contributed by atoms with van der Waals surface area (Å²) in [7, 11) is 2.00. The summed E-state index contributed by atoms with van der Waals surface area (Å²) in [5, 5.41) is 7.86. The van der Waals surface area contributed by atoms with Gasteiger partial charge in [0.2, 0.25) is 0 Å². The van der Waals surface area contributed by atoms with Gasteiger partial charge in [-0.1, -0.05) is 6.92 Å². The predicted molar refractivity (Wildman–Crippen MR) is 74.8 cm³/mol. The minimum absolute atomic E-state index is 0.0873. The summed E-state index contributed by atoms with van der Waals surface area (Å²) in [6.45, 7) is 12.1. The smallest absolute Gasteiger partial charge is 0.0630 e. The Bertz CT molecular complexity index is 366.